The monoisotopic (exact) mass is 567 g/mol. The second-order valence-corrected chi connectivity index (χ2v) is 10.2. The van der Waals surface area contributed by atoms with Crippen molar-refractivity contribution in [1.82, 2.24) is 14.8 Å². The molecule has 4 aromatic rings. The van der Waals surface area contributed by atoms with Gasteiger partial charge >= 0.3 is 6.18 Å². The quantitative estimate of drug-likeness (QED) is 0.281. The van der Waals surface area contributed by atoms with Gasteiger partial charge in [0.15, 0.2) is 0 Å². The molecule has 4 nitrogen and oxygen atoms in total. The fourth-order valence-corrected chi connectivity index (χ4v) is 5.08. The lowest BCUT2D eigenvalue weighted by Crippen LogP contribution is -2.36. The third-order valence-electron chi connectivity index (χ3n) is 6.62. The molecule has 1 amide bonds. The fourth-order valence-electron chi connectivity index (χ4n) is 4.82. The number of carbonyl (C=O) groups excluding carboxylic acids is 1. The van der Waals surface area contributed by atoms with Crippen molar-refractivity contribution in [3.8, 4) is 28.2 Å². The van der Waals surface area contributed by atoms with E-state index in [4.69, 9.17) is 0 Å². The molecular weight excluding hydrogens is 543 g/mol. The van der Waals surface area contributed by atoms with Gasteiger partial charge in [0.2, 0.25) is 0 Å². The number of alkyl halides is 3. The van der Waals surface area contributed by atoms with E-state index < -0.39 is 11.7 Å². The molecule has 1 atom stereocenters. The Balaban J connectivity index is 1.62. The molecule has 1 N–H and O–H groups in total. The number of hydrogen-bond donors (Lipinski definition) is 1. The fraction of sp³-hybridized carbons (Fsp3) is 0.207. The third kappa shape index (κ3) is 5.36. The van der Waals surface area contributed by atoms with Crippen LogP contribution in [0.25, 0.3) is 28.2 Å². The van der Waals surface area contributed by atoms with Crippen molar-refractivity contribution in [3.05, 3.63) is 101 Å². The van der Waals surface area contributed by atoms with Crippen molar-refractivity contribution >= 4 is 21.8 Å². The number of benzene rings is 3. The van der Waals surface area contributed by atoms with E-state index in [-0.39, 0.29) is 17.6 Å². The van der Waals surface area contributed by atoms with E-state index in [1.165, 1.54) is 12.1 Å². The van der Waals surface area contributed by atoms with E-state index in [2.05, 4.69) is 26.1 Å². The molecule has 0 bridgehead atoms. The number of amides is 1. The van der Waals surface area contributed by atoms with Crippen LogP contribution in [-0.2, 0) is 6.18 Å². The lowest BCUT2D eigenvalue weighted by Gasteiger charge is -2.19. The number of halogens is 4. The van der Waals surface area contributed by atoms with Crippen LogP contribution in [0.15, 0.2) is 89.4 Å². The summed E-state index contributed by atoms with van der Waals surface area (Å²) in [6.45, 7) is 1.72. The van der Waals surface area contributed by atoms with Crippen LogP contribution in [0.5, 0.6) is 0 Å². The van der Waals surface area contributed by atoms with Crippen molar-refractivity contribution in [2.45, 2.75) is 18.6 Å². The summed E-state index contributed by atoms with van der Waals surface area (Å²) < 4.78 is 44.7. The maximum Gasteiger partial charge on any atom is 0.418 e. The maximum atomic E-state index is 14.1. The number of likely N-dealkylation sites (N-methyl/N-ethyl adjacent to an activating group) is 1. The predicted molar refractivity (Wildman–Crippen MR) is 143 cm³/mol. The number of aromatic nitrogens is 1. The molecule has 1 aliphatic heterocycles. The van der Waals surface area contributed by atoms with Crippen molar-refractivity contribution < 1.29 is 18.0 Å². The lowest BCUT2D eigenvalue weighted by molar-refractivity contribution is -0.137. The number of carbonyl (C=O) groups is 1. The van der Waals surface area contributed by atoms with Crippen molar-refractivity contribution in [1.29, 1.82) is 0 Å². The molecule has 1 fully saturated rings. The zero-order chi connectivity index (χ0) is 26.2. The molecule has 3 aromatic carbocycles. The van der Waals surface area contributed by atoms with Gasteiger partial charge in [0.25, 0.3) is 5.91 Å². The molecule has 0 saturated carbocycles. The summed E-state index contributed by atoms with van der Waals surface area (Å²) in [7, 11) is 2.02. The van der Waals surface area contributed by atoms with Gasteiger partial charge in [0.1, 0.15) is 0 Å². The summed E-state index contributed by atoms with van der Waals surface area (Å²) in [6.07, 6.45) is -3.65. The number of nitrogens with one attached hydrogen (secondary N) is 1. The Kier molecular flexibility index (Phi) is 6.96. The highest BCUT2D eigenvalue weighted by Crippen LogP contribution is 2.39. The van der Waals surface area contributed by atoms with Gasteiger partial charge < -0.3 is 14.8 Å². The summed E-state index contributed by atoms with van der Waals surface area (Å²) in [5.74, 6) is -0.191. The van der Waals surface area contributed by atoms with Crippen molar-refractivity contribution in [2.24, 2.45) is 0 Å². The largest absolute Gasteiger partial charge is 0.418 e. The Bertz CT molecular complexity index is 1430. The molecule has 1 saturated heterocycles. The summed E-state index contributed by atoms with van der Waals surface area (Å²) in [4.78, 5) is 15.2. The average Bonchev–Trinajstić information content (AvgIpc) is 3.50. The molecule has 0 aliphatic carbocycles. The molecule has 37 heavy (non-hydrogen) atoms. The van der Waals surface area contributed by atoms with Gasteiger partial charge in [-0.3, -0.25) is 4.79 Å². The second kappa shape index (κ2) is 10.2. The van der Waals surface area contributed by atoms with Crippen molar-refractivity contribution in [3.63, 3.8) is 0 Å². The van der Waals surface area contributed by atoms with E-state index in [1.54, 1.807) is 34.9 Å². The number of para-hydroxylation sites is 1. The van der Waals surface area contributed by atoms with Crippen LogP contribution in [-0.4, -0.2) is 41.6 Å². The molecule has 0 spiro atoms. The molecule has 190 valence electrons. The minimum atomic E-state index is -4.54. The predicted octanol–water partition coefficient (Wildman–Crippen LogP) is 7.03. The molecule has 2 heterocycles. The van der Waals surface area contributed by atoms with Gasteiger partial charge in [-0.1, -0.05) is 52.3 Å². The summed E-state index contributed by atoms with van der Waals surface area (Å²) in [5.41, 5.74) is 2.35. The smallest absolute Gasteiger partial charge is 0.348 e. The van der Waals surface area contributed by atoms with Gasteiger partial charge in [-0.2, -0.15) is 13.2 Å². The van der Waals surface area contributed by atoms with E-state index in [9.17, 15) is 18.0 Å². The molecule has 1 aromatic heterocycles. The summed E-state index contributed by atoms with van der Waals surface area (Å²) >= 11 is 3.42. The summed E-state index contributed by atoms with van der Waals surface area (Å²) in [5, 5.41) is 3.08. The van der Waals surface area contributed by atoms with Gasteiger partial charge in [-0.05, 0) is 79.7 Å². The van der Waals surface area contributed by atoms with Crippen LogP contribution in [0.2, 0.25) is 0 Å². The molecule has 0 unspecified atom stereocenters. The Morgan fingerprint density at radius 2 is 1.62 bits per heavy atom. The zero-order valence-electron chi connectivity index (χ0n) is 20.1. The minimum Gasteiger partial charge on any atom is -0.348 e. The first-order valence-corrected chi connectivity index (χ1v) is 12.7. The Labute approximate surface area is 221 Å². The zero-order valence-corrected chi connectivity index (χ0v) is 21.7. The topological polar surface area (TPSA) is 37.3 Å². The summed E-state index contributed by atoms with van der Waals surface area (Å²) in [6, 6.07) is 23.7. The second-order valence-electron chi connectivity index (χ2n) is 9.26. The highest BCUT2D eigenvalue weighted by Gasteiger charge is 2.34. The van der Waals surface area contributed by atoms with Gasteiger partial charge in [0.05, 0.1) is 22.6 Å². The molecule has 1 aliphatic rings. The van der Waals surface area contributed by atoms with Crippen molar-refractivity contribution in [2.75, 3.05) is 20.1 Å². The first kappa shape index (κ1) is 25.3. The first-order valence-electron chi connectivity index (χ1n) is 11.9. The Hall–Kier alpha value is -3.36. The first-order chi connectivity index (χ1) is 17.7. The minimum absolute atomic E-state index is 0.0248. The highest BCUT2D eigenvalue weighted by atomic mass is 79.9. The Morgan fingerprint density at radius 3 is 2.30 bits per heavy atom. The normalized spacial score (nSPS) is 16.2. The van der Waals surface area contributed by atoms with E-state index >= 15 is 0 Å². The standard InChI is InChI=1S/C29H25BrF3N3O/c1-35-16-15-23(18-35)34-28(37)21-6-4-5-20(17-21)26-14-13-25(19-9-11-22(30)12-10-19)36(26)27-8-3-2-7-24(27)29(31,32)33/h2-14,17,23H,15-16,18H2,1H3,(H,34,37)/t23-/m1/s1. The van der Waals surface area contributed by atoms with Crippen LogP contribution >= 0.6 is 15.9 Å². The molecule has 0 radical (unpaired) electrons. The van der Waals surface area contributed by atoms with Gasteiger partial charge in [-0.25, -0.2) is 0 Å². The maximum absolute atomic E-state index is 14.1. The highest BCUT2D eigenvalue weighted by molar-refractivity contribution is 9.10. The molecular formula is C29H25BrF3N3O. The van der Waals surface area contributed by atoms with E-state index in [0.717, 1.165) is 35.6 Å². The Morgan fingerprint density at radius 1 is 0.919 bits per heavy atom. The van der Waals surface area contributed by atoms with Crippen LogP contribution in [0.4, 0.5) is 13.2 Å². The molecule has 5 rings (SSSR count). The van der Waals surface area contributed by atoms with Crippen LogP contribution in [0.3, 0.4) is 0 Å². The van der Waals surface area contributed by atoms with E-state index in [0.29, 0.717) is 22.5 Å². The van der Waals surface area contributed by atoms with Gasteiger partial charge in [-0.15, -0.1) is 0 Å². The number of likely N-dealkylation sites (tertiary alicyclic amines) is 1. The van der Waals surface area contributed by atoms with E-state index in [1.807, 2.05) is 43.4 Å². The SMILES string of the molecule is CN1CC[C@@H](NC(=O)c2cccc(-c3ccc(-c4ccc(Br)cc4)n3-c3ccccc3C(F)(F)F)c2)C1. The lowest BCUT2D eigenvalue weighted by atomic mass is 10.1. The van der Waals surface area contributed by atoms with Crippen LogP contribution in [0, 0.1) is 0 Å². The van der Waals surface area contributed by atoms with Gasteiger partial charge in [0, 0.05) is 22.6 Å². The van der Waals surface area contributed by atoms with Crippen LogP contribution in [0.1, 0.15) is 22.3 Å². The number of hydrogen-bond acceptors (Lipinski definition) is 2. The average molecular weight is 568 g/mol. The number of nitrogens with zero attached hydrogens (tertiary/aromatic N) is 2. The third-order valence-corrected chi connectivity index (χ3v) is 7.15. The van der Waals surface area contributed by atoms with Crippen LogP contribution < -0.4 is 5.32 Å². The molecule has 8 heteroatoms. The number of rotatable bonds is 5.